The van der Waals surface area contributed by atoms with Crippen molar-refractivity contribution >= 4 is 0 Å². The maximum absolute atomic E-state index is 5.70. The Morgan fingerprint density at radius 2 is 1.88 bits per heavy atom. The highest BCUT2D eigenvalue weighted by Gasteiger charge is 2.20. The molecular weight excluding hydrogens is 220 g/mol. The van der Waals surface area contributed by atoms with Gasteiger partial charge in [0.15, 0.2) is 17.8 Å². The van der Waals surface area contributed by atoms with E-state index in [-0.39, 0.29) is 12.4 Å². The van der Waals surface area contributed by atoms with Crippen molar-refractivity contribution in [2.45, 2.75) is 26.2 Å². The van der Waals surface area contributed by atoms with Gasteiger partial charge in [-0.2, -0.15) is 0 Å². The molecule has 1 saturated heterocycles. The molecule has 0 aliphatic carbocycles. The van der Waals surface area contributed by atoms with Crippen LogP contribution in [0.25, 0.3) is 0 Å². The molecule has 4 nitrogen and oxygen atoms in total. The molecule has 0 aromatic heterocycles. The first-order valence-electron chi connectivity index (χ1n) is 5.78. The van der Waals surface area contributed by atoms with Gasteiger partial charge in [0.2, 0.25) is 0 Å². The van der Waals surface area contributed by atoms with Crippen molar-refractivity contribution in [2.24, 2.45) is 0 Å². The second-order valence-corrected chi connectivity index (χ2v) is 4.15. The van der Waals surface area contributed by atoms with Crippen molar-refractivity contribution in [1.29, 1.82) is 0 Å². The molecule has 0 spiro atoms. The monoisotopic (exact) mass is 238 g/mol. The summed E-state index contributed by atoms with van der Waals surface area (Å²) >= 11 is 0. The molecule has 1 fully saturated rings. The Morgan fingerprint density at radius 1 is 1.18 bits per heavy atom. The number of methoxy groups -OCH3 is 1. The predicted octanol–water partition coefficient (Wildman–Crippen LogP) is 2.53. The van der Waals surface area contributed by atoms with Gasteiger partial charge in [0.1, 0.15) is 0 Å². The van der Waals surface area contributed by atoms with E-state index in [1.54, 1.807) is 7.11 Å². The second-order valence-electron chi connectivity index (χ2n) is 4.15. The predicted molar refractivity (Wildman–Crippen MR) is 63.4 cm³/mol. The van der Waals surface area contributed by atoms with Gasteiger partial charge in [0.05, 0.1) is 26.4 Å². The fourth-order valence-corrected chi connectivity index (χ4v) is 1.74. The molecule has 94 valence electrons. The first kappa shape index (κ1) is 12.2. The normalized spacial score (nSPS) is 16.5. The maximum Gasteiger partial charge on any atom is 0.184 e. The summed E-state index contributed by atoms with van der Waals surface area (Å²) in [5.41, 5.74) is 0.957. The molecular formula is C13H18O4. The van der Waals surface area contributed by atoms with Gasteiger partial charge >= 0.3 is 0 Å². The minimum absolute atomic E-state index is 0.101. The lowest BCUT2D eigenvalue weighted by Gasteiger charge is -2.16. The highest BCUT2D eigenvalue weighted by Crippen LogP contribution is 2.33. The van der Waals surface area contributed by atoms with Crippen LogP contribution < -0.4 is 9.47 Å². The third-order valence-electron chi connectivity index (χ3n) is 2.44. The summed E-state index contributed by atoms with van der Waals surface area (Å²) in [4.78, 5) is 0. The summed E-state index contributed by atoms with van der Waals surface area (Å²) in [6, 6.07) is 5.72. The highest BCUT2D eigenvalue weighted by molar-refractivity contribution is 5.43. The first-order chi connectivity index (χ1) is 8.20. The summed E-state index contributed by atoms with van der Waals surface area (Å²) in [6.07, 6.45) is -0.181. The number of ether oxygens (including phenoxy) is 4. The smallest absolute Gasteiger partial charge is 0.184 e. The highest BCUT2D eigenvalue weighted by atomic mass is 16.7. The number of hydrogen-bond acceptors (Lipinski definition) is 4. The van der Waals surface area contributed by atoms with Gasteiger partial charge in [-0.3, -0.25) is 0 Å². The van der Waals surface area contributed by atoms with Crippen LogP contribution in [0.4, 0.5) is 0 Å². The lowest BCUT2D eigenvalue weighted by atomic mass is 10.2. The molecule has 2 rings (SSSR count). The molecule has 1 aliphatic heterocycles. The minimum atomic E-state index is -0.282. The van der Waals surface area contributed by atoms with Crippen molar-refractivity contribution in [2.75, 3.05) is 20.3 Å². The fourth-order valence-electron chi connectivity index (χ4n) is 1.74. The molecule has 0 unspecified atom stereocenters. The van der Waals surface area contributed by atoms with Gasteiger partial charge in [-0.05, 0) is 26.0 Å². The molecule has 0 saturated carbocycles. The number of benzene rings is 1. The Morgan fingerprint density at radius 3 is 2.47 bits per heavy atom. The van der Waals surface area contributed by atoms with Crippen molar-refractivity contribution in [3.63, 3.8) is 0 Å². The fraction of sp³-hybridized carbons (Fsp3) is 0.538. The Labute approximate surface area is 101 Å². The minimum Gasteiger partial charge on any atom is -0.493 e. The average molecular weight is 238 g/mol. The summed E-state index contributed by atoms with van der Waals surface area (Å²) in [6.45, 7) is 5.23. The van der Waals surface area contributed by atoms with Gasteiger partial charge in [-0.25, -0.2) is 0 Å². The van der Waals surface area contributed by atoms with Crippen molar-refractivity contribution < 1.29 is 18.9 Å². The quantitative estimate of drug-likeness (QED) is 0.807. The van der Waals surface area contributed by atoms with Gasteiger partial charge in [-0.1, -0.05) is 6.07 Å². The van der Waals surface area contributed by atoms with E-state index in [2.05, 4.69) is 0 Å². The zero-order valence-corrected chi connectivity index (χ0v) is 10.4. The van der Waals surface area contributed by atoms with Crippen LogP contribution in [0.15, 0.2) is 18.2 Å². The Balaban J connectivity index is 2.23. The van der Waals surface area contributed by atoms with Crippen molar-refractivity contribution in [1.82, 2.24) is 0 Å². The lowest BCUT2D eigenvalue weighted by Crippen LogP contribution is -2.08. The second kappa shape index (κ2) is 5.38. The summed E-state index contributed by atoms with van der Waals surface area (Å²) in [5, 5.41) is 0. The number of rotatable bonds is 4. The van der Waals surface area contributed by atoms with Crippen LogP contribution in [0.5, 0.6) is 11.5 Å². The Kier molecular flexibility index (Phi) is 3.86. The van der Waals surface area contributed by atoms with Gasteiger partial charge in [0.25, 0.3) is 0 Å². The van der Waals surface area contributed by atoms with Crippen LogP contribution >= 0.6 is 0 Å². The Bertz CT molecular complexity index is 370. The molecule has 1 aliphatic rings. The van der Waals surface area contributed by atoms with Gasteiger partial charge < -0.3 is 18.9 Å². The molecule has 0 atom stereocenters. The average Bonchev–Trinajstić information content (AvgIpc) is 2.81. The molecule has 0 bridgehead atoms. The van der Waals surface area contributed by atoms with Gasteiger partial charge in [0, 0.05) is 5.56 Å². The zero-order valence-electron chi connectivity index (χ0n) is 10.4. The van der Waals surface area contributed by atoms with Crippen molar-refractivity contribution in [3.05, 3.63) is 23.8 Å². The first-order valence-corrected chi connectivity index (χ1v) is 5.78. The van der Waals surface area contributed by atoms with E-state index in [4.69, 9.17) is 18.9 Å². The molecule has 1 aromatic carbocycles. The summed E-state index contributed by atoms with van der Waals surface area (Å²) < 4.78 is 21.9. The van der Waals surface area contributed by atoms with E-state index in [9.17, 15) is 0 Å². The van der Waals surface area contributed by atoms with E-state index in [1.807, 2.05) is 32.0 Å². The van der Waals surface area contributed by atoms with Crippen LogP contribution in [-0.2, 0) is 9.47 Å². The molecule has 0 radical (unpaired) electrons. The molecule has 4 heteroatoms. The SMILES string of the molecule is COc1ccc(C2OCCO2)cc1OC(C)C. The molecule has 0 amide bonds. The van der Waals surface area contributed by atoms with Crippen LogP contribution in [0.3, 0.4) is 0 Å². The largest absolute Gasteiger partial charge is 0.493 e. The van der Waals surface area contributed by atoms with Crippen LogP contribution in [0, 0.1) is 0 Å². The third kappa shape index (κ3) is 2.90. The van der Waals surface area contributed by atoms with Crippen LogP contribution in [0.2, 0.25) is 0 Å². The van der Waals surface area contributed by atoms with E-state index >= 15 is 0 Å². The van der Waals surface area contributed by atoms with E-state index in [1.165, 1.54) is 0 Å². The standard InChI is InChI=1S/C13H18O4/c1-9(2)17-12-8-10(4-5-11(12)14-3)13-15-6-7-16-13/h4-5,8-9,13H,6-7H2,1-3H3. The summed E-state index contributed by atoms with van der Waals surface area (Å²) in [7, 11) is 1.63. The van der Waals surface area contributed by atoms with Crippen molar-refractivity contribution in [3.8, 4) is 11.5 Å². The topological polar surface area (TPSA) is 36.9 Å². The molecule has 1 aromatic rings. The third-order valence-corrected chi connectivity index (χ3v) is 2.44. The number of hydrogen-bond donors (Lipinski definition) is 0. The van der Waals surface area contributed by atoms with E-state index < -0.39 is 0 Å². The molecule has 1 heterocycles. The zero-order chi connectivity index (χ0) is 12.3. The van der Waals surface area contributed by atoms with E-state index in [0.29, 0.717) is 13.2 Å². The molecule has 0 N–H and O–H groups in total. The van der Waals surface area contributed by atoms with Crippen LogP contribution in [0.1, 0.15) is 25.7 Å². The summed E-state index contributed by atoms with van der Waals surface area (Å²) in [5.74, 6) is 1.44. The Hall–Kier alpha value is -1.26. The lowest BCUT2D eigenvalue weighted by molar-refractivity contribution is -0.0443. The van der Waals surface area contributed by atoms with E-state index in [0.717, 1.165) is 17.1 Å². The van der Waals surface area contributed by atoms with Gasteiger partial charge in [-0.15, -0.1) is 0 Å². The maximum atomic E-state index is 5.70. The molecule has 17 heavy (non-hydrogen) atoms. The van der Waals surface area contributed by atoms with Crippen LogP contribution in [-0.4, -0.2) is 26.4 Å².